The van der Waals surface area contributed by atoms with Crippen LogP contribution in [0.25, 0.3) is 0 Å². The summed E-state index contributed by atoms with van der Waals surface area (Å²) >= 11 is 6.64. The van der Waals surface area contributed by atoms with Crippen LogP contribution in [-0.4, -0.2) is 22.7 Å². The summed E-state index contributed by atoms with van der Waals surface area (Å²) in [5, 5.41) is 10.8. The molecule has 0 N–H and O–H groups in total. The summed E-state index contributed by atoms with van der Waals surface area (Å²) in [6, 6.07) is 7.69. The van der Waals surface area contributed by atoms with Crippen molar-refractivity contribution >= 4 is 46.2 Å². The van der Waals surface area contributed by atoms with Gasteiger partial charge < -0.3 is 9.47 Å². The Morgan fingerprint density at radius 3 is 1.62 bits per heavy atom. The van der Waals surface area contributed by atoms with Gasteiger partial charge in [-0.2, -0.15) is 0 Å². The summed E-state index contributed by atoms with van der Waals surface area (Å²) in [5.74, 6) is 1.42. The van der Waals surface area contributed by atoms with Crippen molar-refractivity contribution in [3.8, 4) is 11.5 Å². The Hall–Kier alpha value is -1.36. The van der Waals surface area contributed by atoms with Gasteiger partial charge in [0, 0.05) is 10.2 Å². The molecule has 0 saturated heterocycles. The third-order valence-corrected chi connectivity index (χ3v) is 7.84. The van der Waals surface area contributed by atoms with Crippen molar-refractivity contribution in [2.45, 2.75) is 21.9 Å². The van der Waals surface area contributed by atoms with Crippen LogP contribution >= 0.6 is 46.2 Å². The van der Waals surface area contributed by atoms with Crippen LogP contribution in [0, 0.1) is 0 Å². The van der Waals surface area contributed by atoms with Crippen LogP contribution in [0.1, 0.15) is 10.0 Å². The van der Waals surface area contributed by atoms with E-state index in [1.807, 2.05) is 60.2 Å². The first-order valence-electron chi connectivity index (χ1n) is 7.75. The van der Waals surface area contributed by atoms with Gasteiger partial charge in [0.2, 0.25) is 10.0 Å². The number of hydrogen-bond donors (Lipinski definition) is 0. The Morgan fingerprint density at radius 1 is 0.846 bits per heavy atom. The topological polar surface area (TPSA) is 52.0 Å². The molecule has 0 saturated carbocycles. The quantitative estimate of drug-likeness (QED) is 0.406. The molecule has 0 fully saturated rings. The number of benzene rings is 1. The smallest absolute Gasteiger partial charge is 0.323 e. The van der Waals surface area contributed by atoms with E-state index in [4.69, 9.17) is 9.47 Å². The Morgan fingerprint density at radius 2 is 1.27 bits per heavy atom. The monoisotopic (exact) mass is 428 g/mol. The molecule has 6 nitrogen and oxygen atoms in total. The van der Waals surface area contributed by atoms with Crippen molar-refractivity contribution in [1.29, 1.82) is 0 Å². The van der Waals surface area contributed by atoms with Gasteiger partial charge in [-0.1, -0.05) is 21.5 Å². The first-order chi connectivity index (χ1) is 12.6. The largest absolute Gasteiger partial charge is 0.482 e. The standard InChI is InChI=1S/C16H20N4O2S4/c1-19-15(23-3)25-13(17-19)9-21-11-7-5-6-8-12(11)22-10-14-18-20(2)16(24-4)26-14/h5-8H,9-10H2,1-4H3/q+2. The van der Waals surface area contributed by atoms with Crippen LogP contribution in [0.3, 0.4) is 0 Å². The van der Waals surface area contributed by atoms with E-state index in [0.717, 1.165) is 18.7 Å². The van der Waals surface area contributed by atoms with Gasteiger partial charge in [-0.25, -0.2) is 0 Å². The summed E-state index contributed by atoms with van der Waals surface area (Å²) in [5.41, 5.74) is 0. The van der Waals surface area contributed by atoms with E-state index in [2.05, 4.69) is 10.2 Å². The number of hydrogen-bond acceptors (Lipinski definition) is 8. The maximum Gasteiger partial charge on any atom is 0.323 e. The lowest BCUT2D eigenvalue weighted by Gasteiger charge is -2.10. The second-order valence-corrected chi connectivity index (χ2v) is 9.43. The van der Waals surface area contributed by atoms with E-state index in [1.54, 1.807) is 46.2 Å². The molecule has 0 atom stereocenters. The first-order valence-corrected chi connectivity index (χ1v) is 11.8. The van der Waals surface area contributed by atoms with Gasteiger partial charge in [-0.15, -0.1) is 0 Å². The van der Waals surface area contributed by atoms with Crippen LogP contribution in [0.4, 0.5) is 0 Å². The molecule has 26 heavy (non-hydrogen) atoms. The molecule has 0 bridgehead atoms. The van der Waals surface area contributed by atoms with Gasteiger partial charge in [-0.05, 0) is 70.8 Å². The van der Waals surface area contributed by atoms with Gasteiger partial charge in [-0.3, -0.25) is 0 Å². The van der Waals surface area contributed by atoms with Crippen molar-refractivity contribution in [3.63, 3.8) is 0 Å². The number of aryl methyl sites for hydroxylation is 2. The summed E-state index contributed by atoms with van der Waals surface area (Å²) in [6.45, 7) is 0.838. The molecule has 0 aliphatic carbocycles. The highest BCUT2D eigenvalue weighted by Gasteiger charge is 2.18. The zero-order chi connectivity index (χ0) is 18.5. The minimum Gasteiger partial charge on any atom is -0.482 e. The normalized spacial score (nSPS) is 10.9. The zero-order valence-electron chi connectivity index (χ0n) is 15.0. The SMILES string of the molecule is CSc1sc(COc2ccccc2OCc2n[n+](C)c(SC)s2)n[n+]1C. The minimum atomic E-state index is 0.419. The number of aromatic nitrogens is 4. The summed E-state index contributed by atoms with van der Waals surface area (Å²) in [7, 11) is 3.89. The molecule has 2 heterocycles. The second kappa shape index (κ2) is 9.03. The average Bonchev–Trinajstić information content (AvgIpc) is 3.20. The number of nitrogens with zero attached hydrogens (tertiary/aromatic N) is 4. The van der Waals surface area contributed by atoms with Crippen molar-refractivity contribution in [2.75, 3.05) is 12.5 Å². The molecule has 3 aromatic rings. The fourth-order valence-electron chi connectivity index (χ4n) is 2.22. The molecule has 1 aromatic carbocycles. The highest BCUT2D eigenvalue weighted by Crippen LogP contribution is 2.29. The molecular weight excluding hydrogens is 408 g/mol. The number of ether oxygens (including phenoxy) is 2. The van der Waals surface area contributed by atoms with Crippen LogP contribution in [0.15, 0.2) is 32.9 Å². The number of rotatable bonds is 8. The number of thioether (sulfide) groups is 2. The molecule has 0 radical (unpaired) electrons. The van der Waals surface area contributed by atoms with Crippen molar-refractivity contribution in [2.24, 2.45) is 14.1 Å². The first kappa shape index (κ1) is 19.4. The predicted molar refractivity (Wildman–Crippen MR) is 105 cm³/mol. The Kier molecular flexibility index (Phi) is 6.74. The van der Waals surface area contributed by atoms with E-state index >= 15 is 0 Å². The zero-order valence-corrected chi connectivity index (χ0v) is 18.2. The lowest BCUT2D eigenvalue weighted by molar-refractivity contribution is -0.759. The van der Waals surface area contributed by atoms with Crippen LogP contribution < -0.4 is 18.8 Å². The second-order valence-electron chi connectivity index (χ2n) is 5.20. The van der Waals surface area contributed by atoms with Gasteiger partial charge in [0.05, 0.1) is 0 Å². The maximum absolute atomic E-state index is 5.95. The average molecular weight is 429 g/mol. The van der Waals surface area contributed by atoms with Gasteiger partial charge in [0.1, 0.15) is 13.2 Å². The molecule has 0 amide bonds. The Labute approximate surface area is 169 Å². The van der Waals surface area contributed by atoms with E-state index in [1.165, 1.54) is 0 Å². The van der Waals surface area contributed by atoms with Crippen molar-refractivity contribution in [3.05, 3.63) is 34.3 Å². The highest BCUT2D eigenvalue weighted by atomic mass is 32.2. The fourth-order valence-corrected chi connectivity index (χ4v) is 5.39. The molecule has 0 spiro atoms. The van der Waals surface area contributed by atoms with Gasteiger partial charge >= 0.3 is 8.68 Å². The van der Waals surface area contributed by atoms with Gasteiger partial charge in [0.15, 0.2) is 25.6 Å². The molecular formula is C16H20N4O2S4+2. The van der Waals surface area contributed by atoms with Crippen LogP contribution in [0.2, 0.25) is 0 Å². The molecule has 0 unspecified atom stereocenters. The predicted octanol–water partition coefficient (Wildman–Crippen LogP) is 2.85. The van der Waals surface area contributed by atoms with Crippen LogP contribution in [-0.2, 0) is 27.3 Å². The maximum atomic E-state index is 5.95. The van der Waals surface area contributed by atoms with E-state index in [-0.39, 0.29) is 0 Å². The van der Waals surface area contributed by atoms with E-state index in [9.17, 15) is 0 Å². The number of para-hydroxylation sites is 2. The molecule has 2 aromatic heterocycles. The van der Waals surface area contributed by atoms with Crippen molar-refractivity contribution < 1.29 is 18.8 Å². The summed E-state index contributed by atoms with van der Waals surface area (Å²) < 4.78 is 17.9. The van der Waals surface area contributed by atoms with E-state index in [0.29, 0.717) is 24.7 Å². The molecule has 0 aliphatic rings. The molecule has 3 rings (SSSR count). The lowest BCUT2D eigenvalue weighted by atomic mass is 10.3. The van der Waals surface area contributed by atoms with Gasteiger partial charge in [0.25, 0.3) is 0 Å². The fraction of sp³-hybridized carbons (Fsp3) is 0.375. The summed E-state index contributed by atoms with van der Waals surface area (Å²) in [4.78, 5) is 0. The van der Waals surface area contributed by atoms with Crippen LogP contribution in [0.5, 0.6) is 11.5 Å². The minimum absolute atomic E-state index is 0.419. The van der Waals surface area contributed by atoms with E-state index < -0.39 is 0 Å². The Bertz CT molecular complexity index is 810. The lowest BCUT2D eigenvalue weighted by Crippen LogP contribution is -2.32. The third-order valence-electron chi connectivity index (χ3n) is 3.36. The highest BCUT2D eigenvalue weighted by molar-refractivity contribution is 8.00. The molecule has 138 valence electrons. The molecule has 0 aliphatic heterocycles. The Balaban J connectivity index is 1.65. The van der Waals surface area contributed by atoms with Crippen molar-refractivity contribution in [1.82, 2.24) is 10.2 Å². The third kappa shape index (κ3) is 4.67. The molecule has 10 heteroatoms. The summed E-state index contributed by atoms with van der Waals surface area (Å²) in [6.07, 6.45) is 4.09.